The predicted molar refractivity (Wildman–Crippen MR) is 82.6 cm³/mol. The van der Waals surface area contributed by atoms with Crippen LogP contribution in [0.2, 0.25) is 0 Å². The number of benzene rings is 1. The zero-order chi connectivity index (χ0) is 14.4. The van der Waals surface area contributed by atoms with Crippen LogP contribution in [0.1, 0.15) is 27.6 Å². The van der Waals surface area contributed by atoms with Crippen molar-refractivity contribution in [3.05, 3.63) is 35.4 Å². The van der Waals surface area contributed by atoms with Crippen molar-refractivity contribution in [1.29, 1.82) is 0 Å². The van der Waals surface area contributed by atoms with Crippen LogP contribution in [0, 0.1) is 0 Å². The lowest BCUT2D eigenvalue weighted by Gasteiger charge is -2.13. The van der Waals surface area contributed by atoms with Crippen molar-refractivity contribution in [1.82, 2.24) is 15.5 Å². The average Bonchev–Trinajstić information content (AvgIpc) is 2.43. The average molecular weight is 300 g/mol. The van der Waals surface area contributed by atoms with Gasteiger partial charge < -0.3 is 15.5 Å². The molecule has 0 saturated carbocycles. The summed E-state index contributed by atoms with van der Waals surface area (Å²) >= 11 is 0. The summed E-state index contributed by atoms with van der Waals surface area (Å²) in [6, 6.07) is 6.94. The molecular formula is C14H22ClN3O2. The van der Waals surface area contributed by atoms with Crippen molar-refractivity contribution in [2.45, 2.75) is 13.0 Å². The molecule has 6 heteroatoms. The number of rotatable bonds is 5. The monoisotopic (exact) mass is 299 g/mol. The maximum absolute atomic E-state index is 11.9. The largest absolute Gasteiger partial charge is 0.350 e. The number of hydrogen-bond donors (Lipinski definition) is 2. The van der Waals surface area contributed by atoms with Crippen LogP contribution in [0.4, 0.5) is 0 Å². The molecule has 0 fully saturated rings. The first-order valence-electron chi connectivity index (χ1n) is 6.23. The first kappa shape index (κ1) is 18.4. The third-order valence-electron chi connectivity index (χ3n) is 2.84. The van der Waals surface area contributed by atoms with Gasteiger partial charge in [-0.2, -0.15) is 0 Å². The molecule has 112 valence electrons. The molecule has 5 nitrogen and oxygen atoms in total. The highest BCUT2D eigenvalue weighted by atomic mass is 35.5. The minimum atomic E-state index is -0.171. The zero-order valence-electron chi connectivity index (χ0n) is 12.3. The van der Waals surface area contributed by atoms with E-state index in [1.54, 1.807) is 38.4 Å². The maximum atomic E-state index is 11.9. The number of halogens is 1. The van der Waals surface area contributed by atoms with Crippen LogP contribution in [0.15, 0.2) is 24.3 Å². The minimum Gasteiger partial charge on any atom is -0.350 e. The van der Waals surface area contributed by atoms with Gasteiger partial charge in [0.1, 0.15) is 0 Å². The number of amides is 2. The van der Waals surface area contributed by atoms with Crippen molar-refractivity contribution >= 4 is 24.2 Å². The Labute approximate surface area is 126 Å². The van der Waals surface area contributed by atoms with E-state index >= 15 is 0 Å². The molecule has 1 atom stereocenters. The molecule has 2 N–H and O–H groups in total. The van der Waals surface area contributed by atoms with Crippen LogP contribution >= 0.6 is 12.4 Å². The van der Waals surface area contributed by atoms with Crippen molar-refractivity contribution in [2.75, 3.05) is 27.7 Å². The summed E-state index contributed by atoms with van der Waals surface area (Å²) in [4.78, 5) is 25.2. The van der Waals surface area contributed by atoms with Gasteiger partial charge in [-0.05, 0) is 32.2 Å². The van der Waals surface area contributed by atoms with Crippen molar-refractivity contribution in [2.24, 2.45) is 0 Å². The second-order valence-electron chi connectivity index (χ2n) is 4.68. The summed E-state index contributed by atoms with van der Waals surface area (Å²) in [5.74, 6) is -0.284. The fourth-order valence-electron chi connectivity index (χ4n) is 1.50. The van der Waals surface area contributed by atoms with E-state index in [4.69, 9.17) is 0 Å². The van der Waals surface area contributed by atoms with Crippen LogP contribution in [0.5, 0.6) is 0 Å². The lowest BCUT2D eigenvalue weighted by atomic mass is 10.1. The van der Waals surface area contributed by atoms with Gasteiger partial charge in [-0.3, -0.25) is 9.59 Å². The molecule has 0 aliphatic carbocycles. The lowest BCUT2D eigenvalue weighted by Crippen LogP contribution is -2.37. The molecular weight excluding hydrogens is 278 g/mol. The highest BCUT2D eigenvalue weighted by molar-refractivity contribution is 5.99. The number of nitrogens with zero attached hydrogens (tertiary/aromatic N) is 1. The second kappa shape index (κ2) is 8.55. The summed E-state index contributed by atoms with van der Waals surface area (Å²) in [5, 5.41) is 5.86. The summed E-state index contributed by atoms with van der Waals surface area (Å²) in [5.41, 5.74) is 1.01. The molecule has 1 aromatic carbocycles. The van der Waals surface area contributed by atoms with E-state index < -0.39 is 0 Å². The second-order valence-corrected chi connectivity index (χ2v) is 4.68. The van der Waals surface area contributed by atoms with Crippen molar-refractivity contribution in [3.63, 3.8) is 0 Å². The Hall–Kier alpha value is -1.59. The summed E-state index contributed by atoms with van der Waals surface area (Å²) in [6.45, 7) is 2.52. The standard InChI is InChI=1S/C14H21N3O2.ClH/c1-10(15-2)9-16-13(18)11-6-5-7-12(8-11)14(19)17(3)4;/h5-8,10,15H,9H2,1-4H3,(H,16,18);1H. The van der Waals surface area contributed by atoms with E-state index in [-0.39, 0.29) is 30.3 Å². The Kier molecular flexibility index (Phi) is 7.87. The summed E-state index contributed by atoms with van der Waals surface area (Å²) < 4.78 is 0. The Morgan fingerprint density at radius 2 is 1.85 bits per heavy atom. The molecule has 0 saturated heterocycles. The third kappa shape index (κ3) is 5.19. The van der Waals surface area contributed by atoms with Crippen molar-refractivity contribution < 1.29 is 9.59 Å². The van der Waals surface area contributed by atoms with Gasteiger partial charge in [-0.25, -0.2) is 0 Å². The Morgan fingerprint density at radius 1 is 1.25 bits per heavy atom. The normalized spacial score (nSPS) is 11.2. The van der Waals surface area contributed by atoms with E-state index in [2.05, 4.69) is 10.6 Å². The Bertz CT molecular complexity index is 463. The third-order valence-corrected chi connectivity index (χ3v) is 2.84. The first-order valence-corrected chi connectivity index (χ1v) is 6.23. The number of likely N-dealkylation sites (N-methyl/N-ethyl adjacent to an activating group) is 1. The van der Waals surface area contributed by atoms with Crippen LogP contribution in [0.25, 0.3) is 0 Å². The van der Waals surface area contributed by atoms with Gasteiger partial charge in [-0.1, -0.05) is 6.07 Å². The number of carbonyl (C=O) groups excluding carboxylic acids is 2. The fraction of sp³-hybridized carbons (Fsp3) is 0.429. The highest BCUT2D eigenvalue weighted by Crippen LogP contribution is 2.07. The molecule has 0 bridgehead atoms. The SMILES string of the molecule is CNC(C)CNC(=O)c1cccc(C(=O)N(C)C)c1.Cl. The first-order chi connectivity index (χ1) is 8.95. The van der Waals surface area contributed by atoms with Gasteiger partial charge in [-0.15, -0.1) is 12.4 Å². The molecule has 0 heterocycles. The minimum absolute atomic E-state index is 0. The van der Waals surface area contributed by atoms with Crippen molar-refractivity contribution in [3.8, 4) is 0 Å². The molecule has 0 aromatic heterocycles. The highest BCUT2D eigenvalue weighted by Gasteiger charge is 2.12. The lowest BCUT2D eigenvalue weighted by molar-refractivity contribution is 0.0827. The molecule has 0 aliphatic heterocycles. The van der Waals surface area contributed by atoms with Gasteiger partial charge in [0, 0.05) is 37.8 Å². The molecule has 0 spiro atoms. The molecule has 20 heavy (non-hydrogen) atoms. The molecule has 0 aliphatic rings. The van der Waals surface area contributed by atoms with E-state index in [1.165, 1.54) is 4.90 Å². The van der Waals surface area contributed by atoms with Crippen LogP contribution in [-0.4, -0.2) is 50.4 Å². The van der Waals surface area contributed by atoms with Crippen LogP contribution < -0.4 is 10.6 Å². The molecule has 1 rings (SSSR count). The molecule has 2 amide bonds. The van der Waals surface area contributed by atoms with Crippen LogP contribution in [-0.2, 0) is 0 Å². The fourth-order valence-corrected chi connectivity index (χ4v) is 1.50. The molecule has 0 radical (unpaired) electrons. The maximum Gasteiger partial charge on any atom is 0.253 e. The summed E-state index contributed by atoms with van der Waals surface area (Å²) in [6.07, 6.45) is 0. The molecule has 1 unspecified atom stereocenters. The number of hydrogen-bond acceptors (Lipinski definition) is 3. The van der Waals surface area contributed by atoms with E-state index in [0.29, 0.717) is 17.7 Å². The Balaban J connectivity index is 0.00000361. The molecule has 1 aromatic rings. The number of carbonyl (C=O) groups is 2. The van der Waals surface area contributed by atoms with E-state index in [9.17, 15) is 9.59 Å². The van der Waals surface area contributed by atoms with Gasteiger partial charge in [0.2, 0.25) is 0 Å². The zero-order valence-corrected chi connectivity index (χ0v) is 13.1. The topological polar surface area (TPSA) is 61.4 Å². The van der Waals surface area contributed by atoms with Gasteiger partial charge in [0.15, 0.2) is 0 Å². The van der Waals surface area contributed by atoms with E-state index in [1.807, 2.05) is 14.0 Å². The smallest absolute Gasteiger partial charge is 0.253 e. The number of nitrogens with one attached hydrogen (secondary N) is 2. The summed E-state index contributed by atoms with van der Waals surface area (Å²) in [7, 11) is 5.21. The van der Waals surface area contributed by atoms with E-state index in [0.717, 1.165) is 0 Å². The van der Waals surface area contributed by atoms with Gasteiger partial charge >= 0.3 is 0 Å². The van der Waals surface area contributed by atoms with Crippen LogP contribution in [0.3, 0.4) is 0 Å². The quantitative estimate of drug-likeness (QED) is 0.857. The van der Waals surface area contributed by atoms with Gasteiger partial charge in [0.05, 0.1) is 0 Å². The Morgan fingerprint density at radius 3 is 2.40 bits per heavy atom. The predicted octanol–water partition coefficient (Wildman–Crippen LogP) is 1.15. The van der Waals surface area contributed by atoms with Gasteiger partial charge in [0.25, 0.3) is 11.8 Å².